The van der Waals surface area contributed by atoms with Crippen LogP contribution in [0.15, 0.2) is 239 Å². The molecule has 4 heterocycles. The fourth-order valence-electron chi connectivity index (χ4n) is 10.2. The lowest BCUT2D eigenvalue weighted by molar-refractivity contribution is 0.669. The maximum Gasteiger partial charge on any atom is 0.164 e. The first kappa shape index (κ1) is 38.8. The zero-order chi connectivity index (χ0) is 45.4. The third-order valence-corrected chi connectivity index (χ3v) is 13.5. The molecule has 0 radical (unpaired) electrons. The summed E-state index contributed by atoms with van der Waals surface area (Å²) in [6, 6.07) is 80.5. The number of furan rings is 2. The average Bonchev–Trinajstić information content (AvgIpc) is 4.10. The number of rotatable bonds is 7. The predicted molar refractivity (Wildman–Crippen MR) is 281 cm³/mol. The molecule has 69 heavy (non-hydrogen) atoms. The smallest absolute Gasteiger partial charge is 0.164 e. The second-order valence-corrected chi connectivity index (χ2v) is 17.5. The summed E-state index contributed by atoms with van der Waals surface area (Å²) in [6.45, 7) is 0. The van der Waals surface area contributed by atoms with E-state index in [-0.39, 0.29) is 0 Å². The molecule has 6 nitrogen and oxygen atoms in total. The number of benzene rings is 10. The van der Waals surface area contributed by atoms with Gasteiger partial charge in [0.05, 0.1) is 11.0 Å². The molecule has 0 aliphatic carbocycles. The Kier molecular flexibility index (Phi) is 8.79. The van der Waals surface area contributed by atoms with Crippen molar-refractivity contribution in [1.82, 2.24) is 19.5 Å². The lowest BCUT2D eigenvalue weighted by Crippen LogP contribution is -2.00. The van der Waals surface area contributed by atoms with Crippen molar-refractivity contribution >= 4 is 65.7 Å². The van der Waals surface area contributed by atoms with Crippen LogP contribution in [0.1, 0.15) is 0 Å². The normalized spacial score (nSPS) is 11.8. The van der Waals surface area contributed by atoms with Crippen molar-refractivity contribution < 1.29 is 8.83 Å². The summed E-state index contributed by atoms with van der Waals surface area (Å²) < 4.78 is 15.6. The molecule has 6 heteroatoms. The molecule has 0 atom stereocenters. The van der Waals surface area contributed by atoms with E-state index in [0.29, 0.717) is 17.5 Å². The summed E-state index contributed by atoms with van der Waals surface area (Å²) in [5, 5.41) is 6.42. The molecule has 14 rings (SSSR count). The molecule has 10 aromatic carbocycles. The van der Waals surface area contributed by atoms with Crippen LogP contribution in [-0.2, 0) is 0 Å². The molecule has 0 aliphatic rings. The van der Waals surface area contributed by atoms with Crippen molar-refractivity contribution in [3.63, 3.8) is 0 Å². The number of hydrogen-bond acceptors (Lipinski definition) is 5. The molecule has 0 fully saturated rings. The number of para-hydroxylation sites is 2. The fourth-order valence-corrected chi connectivity index (χ4v) is 10.2. The van der Waals surface area contributed by atoms with Gasteiger partial charge in [-0.1, -0.05) is 170 Å². The molecule has 0 spiro atoms. The molecule has 14 aromatic rings. The van der Waals surface area contributed by atoms with E-state index in [1.807, 2.05) is 54.6 Å². The third kappa shape index (κ3) is 6.45. The quantitative estimate of drug-likeness (QED) is 0.159. The van der Waals surface area contributed by atoms with Crippen molar-refractivity contribution in [3.05, 3.63) is 231 Å². The van der Waals surface area contributed by atoms with Crippen LogP contribution in [0.3, 0.4) is 0 Å². The van der Waals surface area contributed by atoms with Gasteiger partial charge in [0.25, 0.3) is 0 Å². The van der Waals surface area contributed by atoms with Gasteiger partial charge in [0, 0.05) is 60.3 Å². The van der Waals surface area contributed by atoms with Crippen molar-refractivity contribution in [3.8, 4) is 73.2 Å². The standard InChI is InChI=1S/C63H38N4O2/c1-4-15-39(16-5-1)42-21-12-22-46(35-42)67-54-27-11-10-23-48(54)52-36-43(30-33-55(52)67)44-31-34-56-53(37-44)59-51(26-14-28-57(59)68-56)63-65-61(41-19-8-3-9-20-41)64-62(66-63)45-29-32-49-50-25-13-24-47(40-17-6-2-7-18-40)60(50)69-58(49)38-45/h1-38H. The Balaban J connectivity index is 0.903. The highest BCUT2D eigenvalue weighted by Gasteiger charge is 2.21. The average molecular weight is 883 g/mol. The summed E-state index contributed by atoms with van der Waals surface area (Å²) in [5.74, 6) is 1.69. The van der Waals surface area contributed by atoms with Crippen molar-refractivity contribution in [1.29, 1.82) is 0 Å². The fraction of sp³-hybridized carbons (Fsp3) is 0. The SMILES string of the molecule is c1ccc(-c2cccc(-n3c4ccccc4c4cc(-c5ccc6oc7cccc(-c8nc(-c9ccccc9)nc(-c9ccc%10c(c9)oc9c(-c%11ccccc%11)cccc9%10)n8)c7c6c5)ccc43)c2)cc1. The van der Waals surface area contributed by atoms with Gasteiger partial charge < -0.3 is 13.4 Å². The first-order valence-electron chi connectivity index (χ1n) is 23.2. The molecule has 0 N–H and O–H groups in total. The van der Waals surface area contributed by atoms with E-state index in [4.69, 9.17) is 23.8 Å². The highest BCUT2D eigenvalue weighted by atomic mass is 16.3. The molecule has 0 bridgehead atoms. The maximum absolute atomic E-state index is 6.67. The molecule has 0 amide bonds. The van der Waals surface area contributed by atoms with Gasteiger partial charge in [0.1, 0.15) is 22.3 Å². The van der Waals surface area contributed by atoms with Gasteiger partial charge in [-0.3, -0.25) is 0 Å². The Morgan fingerprint density at radius 1 is 0.290 bits per heavy atom. The summed E-state index contributed by atoms with van der Waals surface area (Å²) in [7, 11) is 0. The largest absolute Gasteiger partial charge is 0.456 e. The van der Waals surface area contributed by atoms with Crippen LogP contribution < -0.4 is 0 Å². The maximum atomic E-state index is 6.67. The van der Waals surface area contributed by atoms with E-state index in [1.165, 1.54) is 21.9 Å². The molecule has 0 saturated heterocycles. The van der Waals surface area contributed by atoms with Gasteiger partial charge in [0.15, 0.2) is 17.5 Å². The van der Waals surface area contributed by atoms with Gasteiger partial charge in [-0.2, -0.15) is 0 Å². The lowest BCUT2D eigenvalue weighted by Gasteiger charge is -2.11. The second kappa shape index (κ2) is 15.6. The molecule has 4 aromatic heterocycles. The second-order valence-electron chi connectivity index (χ2n) is 17.5. The van der Waals surface area contributed by atoms with Crippen LogP contribution in [0.25, 0.3) is 139 Å². The monoisotopic (exact) mass is 882 g/mol. The van der Waals surface area contributed by atoms with Gasteiger partial charge >= 0.3 is 0 Å². The summed E-state index contributed by atoms with van der Waals surface area (Å²) in [6.07, 6.45) is 0. The number of aromatic nitrogens is 4. The Morgan fingerprint density at radius 3 is 1.71 bits per heavy atom. The minimum atomic E-state index is 0.550. The van der Waals surface area contributed by atoms with Gasteiger partial charge in [-0.05, 0) is 88.5 Å². The Bertz CT molecular complexity index is 4300. The van der Waals surface area contributed by atoms with Crippen LogP contribution in [0.2, 0.25) is 0 Å². The van der Waals surface area contributed by atoms with E-state index >= 15 is 0 Å². The number of hydrogen-bond donors (Lipinski definition) is 0. The predicted octanol–water partition coefficient (Wildman–Crippen LogP) is 16.8. The number of fused-ring (bicyclic) bond motifs is 9. The van der Waals surface area contributed by atoms with Crippen LogP contribution in [0.5, 0.6) is 0 Å². The van der Waals surface area contributed by atoms with Crippen LogP contribution in [0, 0.1) is 0 Å². The van der Waals surface area contributed by atoms with E-state index in [2.05, 4.69) is 180 Å². The van der Waals surface area contributed by atoms with Crippen LogP contribution in [-0.4, -0.2) is 19.5 Å². The first-order chi connectivity index (χ1) is 34.2. The van der Waals surface area contributed by atoms with Gasteiger partial charge in [-0.25, -0.2) is 15.0 Å². The summed E-state index contributed by atoms with van der Waals surface area (Å²) >= 11 is 0. The minimum Gasteiger partial charge on any atom is -0.456 e. The molecular formula is C63H38N4O2. The van der Waals surface area contributed by atoms with E-state index in [0.717, 1.165) is 99.5 Å². The highest BCUT2D eigenvalue weighted by Crippen LogP contribution is 2.42. The third-order valence-electron chi connectivity index (χ3n) is 13.5. The van der Waals surface area contributed by atoms with Gasteiger partial charge in [-0.15, -0.1) is 0 Å². The minimum absolute atomic E-state index is 0.550. The van der Waals surface area contributed by atoms with Crippen LogP contribution in [0.4, 0.5) is 0 Å². The zero-order valence-electron chi connectivity index (χ0n) is 37.0. The molecular weight excluding hydrogens is 845 g/mol. The molecule has 322 valence electrons. The lowest BCUT2D eigenvalue weighted by atomic mass is 9.99. The van der Waals surface area contributed by atoms with Crippen molar-refractivity contribution in [2.75, 3.05) is 0 Å². The Morgan fingerprint density at radius 2 is 0.884 bits per heavy atom. The summed E-state index contributed by atoms with van der Waals surface area (Å²) in [5.41, 5.74) is 15.9. The molecule has 0 unspecified atom stereocenters. The Hall–Kier alpha value is -9.39. The topological polar surface area (TPSA) is 69.9 Å². The van der Waals surface area contributed by atoms with Crippen molar-refractivity contribution in [2.24, 2.45) is 0 Å². The molecule has 0 saturated carbocycles. The highest BCUT2D eigenvalue weighted by molar-refractivity contribution is 6.14. The van der Waals surface area contributed by atoms with E-state index in [1.54, 1.807) is 0 Å². The molecule has 0 aliphatic heterocycles. The zero-order valence-corrected chi connectivity index (χ0v) is 37.0. The van der Waals surface area contributed by atoms with Gasteiger partial charge in [0.2, 0.25) is 0 Å². The number of nitrogens with zero attached hydrogens (tertiary/aromatic N) is 4. The Labute approximate surface area is 396 Å². The van der Waals surface area contributed by atoms with Crippen molar-refractivity contribution in [2.45, 2.75) is 0 Å². The summed E-state index contributed by atoms with van der Waals surface area (Å²) in [4.78, 5) is 15.5. The van der Waals surface area contributed by atoms with Crippen LogP contribution >= 0.6 is 0 Å². The van der Waals surface area contributed by atoms with E-state index < -0.39 is 0 Å². The first-order valence-corrected chi connectivity index (χ1v) is 23.2. The van der Waals surface area contributed by atoms with E-state index in [9.17, 15) is 0 Å².